The molecule has 0 aliphatic carbocycles. The van der Waals surface area contributed by atoms with Gasteiger partial charge in [-0.25, -0.2) is 0 Å². The zero-order chi connectivity index (χ0) is 16.1. The Morgan fingerprint density at radius 2 is 1.42 bits per heavy atom. The van der Waals surface area contributed by atoms with Crippen LogP contribution in [0.25, 0.3) is 43.8 Å². The third kappa shape index (κ3) is 2.02. The van der Waals surface area contributed by atoms with E-state index < -0.39 is 0 Å². The third-order valence-electron chi connectivity index (χ3n) is 4.54. The lowest BCUT2D eigenvalue weighted by Gasteiger charge is -2.02. The monoisotopic (exact) mass is 328 g/mol. The molecule has 1 aromatic heterocycles. The summed E-state index contributed by atoms with van der Waals surface area (Å²) in [5, 5.41) is 5.54. The summed E-state index contributed by atoms with van der Waals surface area (Å²) >= 11 is 5.98. The Hall–Kier alpha value is -2.77. The summed E-state index contributed by atoms with van der Waals surface area (Å²) in [5.41, 5.74) is 4.10. The first-order valence-electron chi connectivity index (χ1n) is 7.89. The second-order valence-corrected chi connectivity index (χ2v) is 6.42. The lowest BCUT2D eigenvalue weighted by atomic mass is 10.0. The van der Waals surface area contributed by atoms with Crippen molar-refractivity contribution in [1.29, 1.82) is 0 Å². The number of hydrogen-bond acceptors (Lipinski definition) is 1. The Morgan fingerprint density at radius 1 is 0.625 bits per heavy atom. The summed E-state index contributed by atoms with van der Waals surface area (Å²) in [7, 11) is 0. The molecular formula is C22H13ClO. The summed E-state index contributed by atoms with van der Waals surface area (Å²) in [4.78, 5) is 0. The van der Waals surface area contributed by atoms with Crippen LogP contribution in [0.15, 0.2) is 83.3 Å². The Labute approximate surface area is 144 Å². The summed E-state index contributed by atoms with van der Waals surface area (Å²) in [6, 6.07) is 26.9. The van der Waals surface area contributed by atoms with Gasteiger partial charge < -0.3 is 4.42 Å². The van der Waals surface area contributed by atoms with Gasteiger partial charge in [0.1, 0.15) is 11.2 Å². The molecule has 0 fully saturated rings. The molecule has 0 aliphatic heterocycles. The first-order valence-corrected chi connectivity index (χ1v) is 8.27. The van der Waals surface area contributed by atoms with Crippen molar-refractivity contribution in [2.75, 3.05) is 0 Å². The van der Waals surface area contributed by atoms with Crippen LogP contribution in [0.1, 0.15) is 0 Å². The van der Waals surface area contributed by atoms with Crippen molar-refractivity contribution in [3.63, 3.8) is 0 Å². The van der Waals surface area contributed by atoms with E-state index in [0.717, 1.165) is 32.7 Å². The predicted octanol–water partition coefficient (Wildman–Crippen LogP) is 7.06. The lowest BCUT2D eigenvalue weighted by molar-refractivity contribution is 0.669. The zero-order valence-corrected chi connectivity index (χ0v) is 13.5. The SMILES string of the molecule is Clc1ccc(-c2ccc3c(c2)oc2ccc4ccccc4c23)cc1. The van der Waals surface area contributed by atoms with Gasteiger partial charge in [-0.3, -0.25) is 0 Å². The van der Waals surface area contributed by atoms with Crippen LogP contribution in [0.5, 0.6) is 0 Å². The van der Waals surface area contributed by atoms with Gasteiger partial charge in [0.2, 0.25) is 0 Å². The zero-order valence-electron chi connectivity index (χ0n) is 12.8. The highest BCUT2D eigenvalue weighted by Crippen LogP contribution is 2.36. The molecule has 2 heteroatoms. The molecular weight excluding hydrogens is 316 g/mol. The number of furan rings is 1. The van der Waals surface area contributed by atoms with E-state index in [1.807, 2.05) is 24.3 Å². The van der Waals surface area contributed by atoms with Crippen molar-refractivity contribution in [3.05, 3.63) is 83.9 Å². The van der Waals surface area contributed by atoms with Crippen LogP contribution in [0.2, 0.25) is 5.02 Å². The number of rotatable bonds is 1. The highest BCUT2D eigenvalue weighted by atomic mass is 35.5. The maximum atomic E-state index is 6.12. The molecule has 0 spiro atoms. The minimum Gasteiger partial charge on any atom is -0.456 e. The maximum Gasteiger partial charge on any atom is 0.136 e. The molecule has 0 saturated heterocycles. The smallest absolute Gasteiger partial charge is 0.136 e. The van der Waals surface area contributed by atoms with Gasteiger partial charge in [0.05, 0.1) is 0 Å². The Kier molecular flexibility index (Phi) is 2.91. The molecule has 0 atom stereocenters. The fraction of sp³-hybridized carbons (Fsp3) is 0. The van der Waals surface area contributed by atoms with Gasteiger partial charge in [-0.2, -0.15) is 0 Å². The Bertz CT molecular complexity index is 1200. The first-order chi connectivity index (χ1) is 11.8. The molecule has 1 nitrogen and oxygen atoms in total. The molecule has 4 aromatic carbocycles. The molecule has 0 N–H and O–H groups in total. The van der Waals surface area contributed by atoms with E-state index in [-0.39, 0.29) is 0 Å². The molecule has 24 heavy (non-hydrogen) atoms. The first kappa shape index (κ1) is 13.6. The van der Waals surface area contributed by atoms with Gasteiger partial charge in [-0.15, -0.1) is 0 Å². The van der Waals surface area contributed by atoms with Crippen LogP contribution in [0.3, 0.4) is 0 Å². The summed E-state index contributed by atoms with van der Waals surface area (Å²) < 4.78 is 6.12. The minimum atomic E-state index is 0.745. The van der Waals surface area contributed by atoms with Crippen molar-refractivity contribution >= 4 is 44.3 Å². The Morgan fingerprint density at radius 3 is 2.29 bits per heavy atom. The molecule has 114 valence electrons. The van der Waals surface area contributed by atoms with Crippen LogP contribution in [-0.2, 0) is 0 Å². The van der Waals surface area contributed by atoms with Gasteiger partial charge in [0.15, 0.2) is 0 Å². The number of fused-ring (bicyclic) bond motifs is 5. The van der Waals surface area contributed by atoms with Crippen molar-refractivity contribution in [2.24, 2.45) is 0 Å². The minimum absolute atomic E-state index is 0.745. The molecule has 5 rings (SSSR count). The molecule has 0 radical (unpaired) electrons. The van der Waals surface area contributed by atoms with Gasteiger partial charge in [-0.1, -0.05) is 60.1 Å². The number of hydrogen-bond donors (Lipinski definition) is 0. The van der Waals surface area contributed by atoms with Gasteiger partial charge >= 0.3 is 0 Å². The van der Waals surface area contributed by atoms with E-state index in [1.54, 1.807) is 0 Å². The van der Waals surface area contributed by atoms with Crippen LogP contribution in [0, 0.1) is 0 Å². The van der Waals surface area contributed by atoms with Crippen molar-refractivity contribution in [1.82, 2.24) is 0 Å². The number of benzene rings is 4. The fourth-order valence-electron chi connectivity index (χ4n) is 3.37. The van der Waals surface area contributed by atoms with E-state index in [0.29, 0.717) is 0 Å². The summed E-state index contributed by atoms with van der Waals surface area (Å²) in [6.45, 7) is 0. The molecule has 0 saturated carbocycles. The highest BCUT2D eigenvalue weighted by molar-refractivity contribution is 6.30. The maximum absolute atomic E-state index is 6.12. The average Bonchev–Trinajstić information content (AvgIpc) is 3.00. The van der Waals surface area contributed by atoms with E-state index in [4.69, 9.17) is 16.0 Å². The van der Waals surface area contributed by atoms with Crippen molar-refractivity contribution in [3.8, 4) is 11.1 Å². The predicted molar refractivity (Wildman–Crippen MR) is 102 cm³/mol. The number of halogens is 1. The van der Waals surface area contributed by atoms with E-state index >= 15 is 0 Å². The highest BCUT2D eigenvalue weighted by Gasteiger charge is 2.11. The molecule has 0 bridgehead atoms. The van der Waals surface area contributed by atoms with E-state index in [9.17, 15) is 0 Å². The summed E-state index contributed by atoms with van der Waals surface area (Å²) in [6.07, 6.45) is 0. The largest absolute Gasteiger partial charge is 0.456 e. The summed E-state index contributed by atoms with van der Waals surface area (Å²) in [5.74, 6) is 0. The second kappa shape index (κ2) is 5.12. The third-order valence-corrected chi connectivity index (χ3v) is 4.79. The van der Waals surface area contributed by atoms with E-state index in [2.05, 4.69) is 54.6 Å². The van der Waals surface area contributed by atoms with Crippen LogP contribution in [0.4, 0.5) is 0 Å². The van der Waals surface area contributed by atoms with Crippen LogP contribution in [-0.4, -0.2) is 0 Å². The topological polar surface area (TPSA) is 13.1 Å². The molecule has 0 amide bonds. The molecule has 1 heterocycles. The van der Waals surface area contributed by atoms with Crippen LogP contribution < -0.4 is 0 Å². The molecule has 0 unspecified atom stereocenters. The van der Waals surface area contributed by atoms with Gasteiger partial charge in [-0.05, 0) is 52.2 Å². The normalized spacial score (nSPS) is 11.5. The van der Waals surface area contributed by atoms with Crippen molar-refractivity contribution < 1.29 is 4.42 Å². The second-order valence-electron chi connectivity index (χ2n) is 5.98. The van der Waals surface area contributed by atoms with Gasteiger partial charge in [0, 0.05) is 15.8 Å². The van der Waals surface area contributed by atoms with E-state index in [1.165, 1.54) is 16.2 Å². The molecule has 0 aliphatic rings. The van der Waals surface area contributed by atoms with Crippen LogP contribution >= 0.6 is 11.6 Å². The fourth-order valence-corrected chi connectivity index (χ4v) is 3.49. The average molecular weight is 329 g/mol. The standard InChI is InChI=1S/C22H13ClO/c23-17-9-5-14(6-10-17)16-7-11-19-21(13-16)24-20-12-8-15-3-1-2-4-18(15)22(19)20/h1-13H. The quantitative estimate of drug-likeness (QED) is 0.321. The van der Waals surface area contributed by atoms with Gasteiger partial charge in [0.25, 0.3) is 0 Å². The molecule has 5 aromatic rings. The van der Waals surface area contributed by atoms with Crippen molar-refractivity contribution in [2.45, 2.75) is 0 Å². The Balaban J connectivity index is 1.80. The lowest BCUT2D eigenvalue weighted by Crippen LogP contribution is -1.77.